The minimum absolute atomic E-state index is 0.0132. The topological polar surface area (TPSA) is 96.5 Å². The third kappa shape index (κ3) is 5.11. The van der Waals surface area contributed by atoms with Gasteiger partial charge in [0.15, 0.2) is 5.82 Å². The van der Waals surface area contributed by atoms with E-state index in [9.17, 15) is 9.59 Å². The van der Waals surface area contributed by atoms with Crippen LogP contribution in [0, 0.1) is 18.3 Å². The van der Waals surface area contributed by atoms with Crippen LogP contribution in [0.1, 0.15) is 94.3 Å². The molecule has 2 bridgehead atoms. The summed E-state index contributed by atoms with van der Waals surface area (Å²) in [6.45, 7) is 2.59. The molecule has 0 aliphatic heterocycles. The van der Waals surface area contributed by atoms with Gasteiger partial charge in [-0.15, -0.1) is 0 Å². The number of carbonyl (C=O) groups is 2. The fraction of sp³-hybridized carbons (Fsp3) is 0.586. The number of fused-ring (bicyclic) bond motifs is 3. The zero-order chi connectivity index (χ0) is 25.2. The number of aromatic nitrogens is 2. The minimum atomic E-state index is -0.977. The van der Waals surface area contributed by atoms with Gasteiger partial charge >= 0.3 is 5.97 Å². The van der Waals surface area contributed by atoms with E-state index in [2.05, 4.69) is 10.1 Å². The van der Waals surface area contributed by atoms with Gasteiger partial charge in [-0.3, -0.25) is 4.79 Å². The average Bonchev–Trinajstić information content (AvgIpc) is 3.17. The molecule has 4 fully saturated rings. The lowest BCUT2D eigenvalue weighted by atomic mass is 9.53. The summed E-state index contributed by atoms with van der Waals surface area (Å²) in [6, 6.07) is 7.77. The van der Waals surface area contributed by atoms with Gasteiger partial charge in [-0.25, -0.2) is 4.79 Å². The second kappa shape index (κ2) is 10.2. The lowest BCUT2D eigenvalue weighted by molar-refractivity contribution is -0.131. The lowest BCUT2D eigenvalue weighted by Crippen LogP contribution is -2.51. The Morgan fingerprint density at radius 2 is 1.78 bits per heavy atom. The molecular formula is C29H37N3O4. The highest BCUT2D eigenvalue weighted by Gasteiger charge is 2.53. The van der Waals surface area contributed by atoms with Crippen molar-refractivity contribution in [3.63, 3.8) is 0 Å². The average molecular weight is 492 g/mol. The Labute approximate surface area is 213 Å². The molecular weight excluding hydrogens is 454 g/mol. The summed E-state index contributed by atoms with van der Waals surface area (Å²) in [7, 11) is 0. The molecule has 192 valence electrons. The van der Waals surface area contributed by atoms with E-state index >= 15 is 0 Å². The normalized spacial score (nSPS) is 26.7. The van der Waals surface area contributed by atoms with Crippen LogP contribution in [0.25, 0.3) is 6.08 Å². The fourth-order valence-electron chi connectivity index (χ4n) is 6.68. The van der Waals surface area contributed by atoms with E-state index < -0.39 is 5.97 Å². The lowest BCUT2D eigenvalue weighted by Gasteiger charge is -2.53. The van der Waals surface area contributed by atoms with Gasteiger partial charge in [0.25, 0.3) is 0 Å². The number of carbonyl (C=O) groups excluding carboxylic acids is 1. The molecule has 1 amide bonds. The Hall–Kier alpha value is -2.96. The van der Waals surface area contributed by atoms with Crippen LogP contribution in [0.4, 0.5) is 5.69 Å². The minimum Gasteiger partial charge on any atom is -0.478 e. The molecule has 0 spiro atoms. The largest absolute Gasteiger partial charge is 0.478 e. The number of aliphatic carboxylic acids is 1. The molecule has 4 aliphatic rings. The van der Waals surface area contributed by atoms with Crippen LogP contribution >= 0.6 is 0 Å². The summed E-state index contributed by atoms with van der Waals surface area (Å²) < 4.78 is 5.61. The fourth-order valence-corrected chi connectivity index (χ4v) is 6.68. The molecule has 4 saturated carbocycles. The number of nitrogens with zero attached hydrogens (tertiary/aromatic N) is 3. The van der Waals surface area contributed by atoms with Gasteiger partial charge in [-0.05, 0) is 87.5 Å². The Morgan fingerprint density at radius 1 is 1.08 bits per heavy atom. The molecule has 6 rings (SSSR count). The predicted octanol–water partition coefficient (Wildman–Crippen LogP) is 6.07. The molecule has 36 heavy (non-hydrogen) atoms. The first-order valence-electron chi connectivity index (χ1n) is 13.5. The molecule has 0 saturated heterocycles. The predicted molar refractivity (Wildman–Crippen MR) is 138 cm³/mol. The van der Waals surface area contributed by atoms with Gasteiger partial charge < -0.3 is 14.5 Å². The van der Waals surface area contributed by atoms with Crippen LogP contribution in [0.15, 0.2) is 34.9 Å². The number of carboxylic acid groups (broad SMARTS) is 1. The Balaban J connectivity index is 1.40. The summed E-state index contributed by atoms with van der Waals surface area (Å²) in [6.07, 6.45) is 15.5. The number of amides is 1. The molecule has 0 atom stereocenters. The van der Waals surface area contributed by atoms with Crippen LogP contribution in [-0.2, 0) is 15.0 Å². The van der Waals surface area contributed by atoms with Crippen molar-refractivity contribution in [1.82, 2.24) is 10.1 Å². The van der Waals surface area contributed by atoms with Crippen molar-refractivity contribution in [2.45, 2.75) is 89.4 Å². The number of anilines is 1. The van der Waals surface area contributed by atoms with Crippen molar-refractivity contribution in [2.75, 3.05) is 11.4 Å². The monoisotopic (exact) mass is 491 g/mol. The summed E-state index contributed by atoms with van der Waals surface area (Å²) >= 11 is 0. The molecule has 4 aliphatic carbocycles. The molecule has 0 radical (unpaired) electrons. The quantitative estimate of drug-likeness (QED) is 0.373. The first kappa shape index (κ1) is 24.7. The second-order valence-corrected chi connectivity index (χ2v) is 11.3. The third-order valence-corrected chi connectivity index (χ3v) is 8.95. The van der Waals surface area contributed by atoms with Crippen LogP contribution in [0.2, 0.25) is 0 Å². The van der Waals surface area contributed by atoms with E-state index in [0.29, 0.717) is 12.4 Å². The van der Waals surface area contributed by atoms with Crippen molar-refractivity contribution in [3.05, 3.63) is 47.6 Å². The number of hydrogen-bond donors (Lipinski definition) is 1. The summed E-state index contributed by atoms with van der Waals surface area (Å²) in [5, 5.41) is 13.1. The molecule has 1 aromatic carbocycles. The van der Waals surface area contributed by atoms with E-state index in [1.807, 2.05) is 36.1 Å². The molecule has 7 nitrogen and oxygen atoms in total. The maximum Gasteiger partial charge on any atom is 0.328 e. The van der Waals surface area contributed by atoms with Gasteiger partial charge in [0.1, 0.15) is 0 Å². The highest BCUT2D eigenvalue weighted by Crippen LogP contribution is 2.58. The van der Waals surface area contributed by atoms with Crippen LogP contribution < -0.4 is 4.90 Å². The first-order chi connectivity index (χ1) is 17.4. The van der Waals surface area contributed by atoms with Crippen LogP contribution in [-0.4, -0.2) is 33.7 Å². The summed E-state index contributed by atoms with van der Waals surface area (Å²) in [4.78, 5) is 31.7. The van der Waals surface area contributed by atoms with Crippen molar-refractivity contribution in [3.8, 4) is 0 Å². The smallest absolute Gasteiger partial charge is 0.328 e. The van der Waals surface area contributed by atoms with Crippen molar-refractivity contribution >= 4 is 23.6 Å². The number of rotatable bonds is 7. The maximum atomic E-state index is 14.0. The van der Waals surface area contributed by atoms with Gasteiger partial charge in [0.05, 0.1) is 0 Å². The molecule has 7 heteroatoms. The Bertz CT molecular complexity index is 1100. The Kier molecular flexibility index (Phi) is 7.00. The zero-order valence-electron chi connectivity index (χ0n) is 21.2. The highest BCUT2D eigenvalue weighted by atomic mass is 16.5. The summed E-state index contributed by atoms with van der Waals surface area (Å²) in [5.74, 6) is 0.807. The van der Waals surface area contributed by atoms with Crippen molar-refractivity contribution in [2.24, 2.45) is 11.3 Å². The van der Waals surface area contributed by atoms with E-state index in [1.165, 1.54) is 12.8 Å². The van der Waals surface area contributed by atoms with E-state index in [0.717, 1.165) is 87.4 Å². The van der Waals surface area contributed by atoms with Gasteiger partial charge in [-0.1, -0.05) is 43.0 Å². The van der Waals surface area contributed by atoms with E-state index in [-0.39, 0.29) is 22.7 Å². The molecule has 1 N–H and O–H groups in total. The third-order valence-electron chi connectivity index (χ3n) is 8.95. The van der Waals surface area contributed by atoms with Crippen molar-refractivity contribution in [1.29, 1.82) is 0 Å². The number of carboxylic acids is 1. The SMILES string of the molecule is Cc1noc(C23CCC(CN(C(=O)C4CCCCCC4)c4cccc(/C=C/C(=O)O)c4)(CC2)CC3)n1. The maximum absolute atomic E-state index is 14.0. The van der Waals surface area contributed by atoms with Gasteiger partial charge in [0.2, 0.25) is 11.8 Å². The highest BCUT2D eigenvalue weighted by molar-refractivity contribution is 5.95. The number of benzene rings is 1. The molecule has 1 heterocycles. The second-order valence-electron chi connectivity index (χ2n) is 11.3. The molecule has 1 aromatic heterocycles. The number of hydrogen-bond acceptors (Lipinski definition) is 5. The Morgan fingerprint density at radius 3 is 2.39 bits per heavy atom. The summed E-state index contributed by atoms with van der Waals surface area (Å²) in [5.41, 5.74) is 1.75. The standard InChI is InChI=1S/C29H37N3O4/c1-21-30-27(36-31-21)29-16-13-28(14-17-29,15-18-29)20-32(26(35)23-8-4-2-3-5-9-23)24-10-6-7-22(19-24)11-12-25(33)34/h6-7,10-12,19,23H,2-5,8-9,13-18,20H2,1H3,(H,33,34)/b12-11+. The van der Waals surface area contributed by atoms with Gasteiger partial charge in [0, 0.05) is 29.6 Å². The van der Waals surface area contributed by atoms with Crippen LogP contribution in [0.5, 0.6) is 0 Å². The zero-order valence-corrected chi connectivity index (χ0v) is 21.2. The van der Waals surface area contributed by atoms with Gasteiger partial charge in [-0.2, -0.15) is 4.98 Å². The molecule has 0 unspecified atom stereocenters. The van der Waals surface area contributed by atoms with E-state index in [4.69, 9.17) is 9.63 Å². The molecule has 2 aromatic rings. The first-order valence-corrected chi connectivity index (χ1v) is 13.5. The van der Waals surface area contributed by atoms with Crippen molar-refractivity contribution < 1.29 is 19.2 Å². The van der Waals surface area contributed by atoms with E-state index in [1.54, 1.807) is 6.08 Å². The number of aryl methyl sites for hydroxylation is 1. The van der Waals surface area contributed by atoms with Crippen LogP contribution in [0.3, 0.4) is 0 Å².